The molecule has 3 aliphatic carbocycles. The number of hydrogen-bond acceptors (Lipinski definition) is 7. The number of carbonyl (C=O) groups is 1. The Morgan fingerprint density at radius 3 is 2.39 bits per heavy atom. The Bertz CT molecular complexity index is 1410. The number of hydrogen-bond donors (Lipinski definition) is 3. The number of hydrazone groups is 1. The van der Waals surface area contributed by atoms with Crippen molar-refractivity contribution in [1.82, 2.24) is 20.7 Å². The molecule has 0 bridgehead atoms. The van der Waals surface area contributed by atoms with Crippen LogP contribution in [0.4, 0.5) is 4.39 Å². The van der Waals surface area contributed by atoms with Crippen molar-refractivity contribution in [3.05, 3.63) is 99.6 Å². The molecular weight excluding hydrogens is 551 g/mol. The highest BCUT2D eigenvalue weighted by molar-refractivity contribution is 6.07. The number of fused-ring (bicyclic) bond motifs is 2. The highest BCUT2D eigenvalue weighted by Crippen LogP contribution is 2.47. The van der Waals surface area contributed by atoms with Gasteiger partial charge in [0.25, 0.3) is 0 Å². The van der Waals surface area contributed by atoms with Gasteiger partial charge in [0.15, 0.2) is 0 Å². The fourth-order valence-electron chi connectivity index (χ4n) is 5.51. The van der Waals surface area contributed by atoms with Crippen LogP contribution in [0.3, 0.4) is 0 Å². The molecule has 0 amide bonds. The van der Waals surface area contributed by atoms with Crippen LogP contribution in [0, 0.1) is 6.92 Å². The van der Waals surface area contributed by atoms with Gasteiger partial charge in [0.1, 0.15) is 6.29 Å². The first-order chi connectivity index (χ1) is 21.5. The van der Waals surface area contributed by atoms with Crippen molar-refractivity contribution in [2.24, 2.45) is 10.8 Å². The number of nitrogens with one attached hydrogen (secondary N) is 2. The number of alkyl halides is 1. The van der Waals surface area contributed by atoms with Crippen LogP contribution in [0.2, 0.25) is 0 Å². The van der Waals surface area contributed by atoms with Gasteiger partial charge in [0, 0.05) is 42.3 Å². The zero-order valence-corrected chi connectivity index (χ0v) is 26.5. The van der Waals surface area contributed by atoms with Crippen LogP contribution >= 0.6 is 0 Å². The van der Waals surface area contributed by atoms with Gasteiger partial charge in [-0.05, 0) is 119 Å². The lowest BCUT2D eigenvalue weighted by Gasteiger charge is -2.27. The number of benzene rings is 1. The quantitative estimate of drug-likeness (QED) is 0.306. The summed E-state index contributed by atoms with van der Waals surface area (Å²) in [5, 5.41) is 7.48. The minimum atomic E-state index is -0.250. The maximum Gasteiger partial charge on any atom is 0.130 e. The molecule has 3 heterocycles. The number of halogens is 1. The van der Waals surface area contributed by atoms with E-state index < -0.39 is 0 Å². The van der Waals surface area contributed by atoms with Crippen LogP contribution < -0.4 is 16.5 Å². The molecule has 7 rings (SSSR count). The van der Waals surface area contributed by atoms with E-state index in [1.165, 1.54) is 67.0 Å². The van der Waals surface area contributed by atoms with Crippen LogP contribution in [0.25, 0.3) is 5.70 Å². The zero-order chi connectivity index (χ0) is 31.4. The van der Waals surface area contributed by atoms with Gasteiger partial charge in [-0.15, -0.1) is 0 Å². The number of aryl methyl sites for hydroxylation is 3. The van der Waals surface area contributed by atoms with E-state index in [9.17, 15) is 9.18 Å². The first kappa shape index (κ1) is 33.1. The molecular formula is C36H47FN6O. The van der Waals surface area contributed by atoms with Crippen molar-refractivity contribution in [3.8, 4) is 0 Å². The molecule has 7 nitrogen and oxygen atoms in total. The monoisotopic (exact) mass is 598 g/mol. The van der Waals surface area contributed by atoms with E-state index in [4.69, 9.17) is 5.73 Å². The van der Waals surface area contributed by atoms with Gasteiger partial charge < -0.3 is 15.8 Å². The van der Waals surface area contributed by atoms with Crippen molar-refractivity contribution < 1.29 is 9.18 Å². The van der Waals surface area contributed by atoms with E-state index >= 15 is 0 Å². The van der Waals surface area contributed by atoms with Gasteiger partial charge in [-0.3, -0.25) is 19.8 Å². The summed E-state index contributed by atoms with van der Waals surface area (Å²) in [6.07, 6.45) is 15.4. The van der Waals surface area contributed by atoms with Crippen LogP contribution in [-0.4, -0.2) is 42.2 Å². The Labute approximate surface area is 261 Å². The Hall–Kier alpha value is -3.75. The van der Waals surface area contributed by atoms with Crippen molar-refractivity contribution in [2.45, 2.75) is 83.6 Å². The van der Waals surface area contributed by atoms with Gasteiger partial charge in [0.05, 0.1) is 29.2 Å². The number of aromatic nitrogens is 2. The number of aldehydes is 1. The van der Waals surface area contributed by atoms with E-state index in [0.29, 0.717) is 6.54 Å². The van der Waals surface area contributed by atoms with Gasteiger partial charge in [0.2, 0.25) is 0 Å². The second-order valence-electron chi connectivity index (χ2n) is 11.7. The molecule has 0 unspecified atom stereocenters. The number of pyridine rings is 2. The summed E-state index contributed by atoms with van der Waals surface area (Å²) in [5.41, 5.74) is 20.7. The molecule has 0 saturated heterocycles. The Kier molecular flexibility index (Phi) is 12.3. The van der Waals surface area contributed by atoms with Crippen LogP contribution in [0.1, 0.15) is 91.1 Å². The average molecular weight is 599 g/mol. The van der Waals surface area contributed by atoms with Gasteiger partial charge in [-0.25, -0.2) is 0 Å². The molecule has 44 heavy (non-hydrogen) atoms. The van der Waals surface area contributed by atoms with E-state index in [-0.39, 0.29) is 12.1 Å². The van der Waals surface area contributed by atoms with Crippen molar-refractivity contribution >= 4 is 17.7 Å². The molecule has 1 aromatic carbocycles. The fraction of sp³-hybridized carbons (Fsp3) is 0.444. The predicted octanol–water partition coefficient (Wildman–Crippen LogP) is 6.12. The highest BCUT2D eigenvalue weighted by Gasteiger charge is 2.44. The second-order valence-corrected chi connectivity index (χ2v) is 11.7. The van der Waals surface area contributed by atoms with Crippen molar-refractivity contribution in [1.29, 1.82) is 0 Å². The third-order valence-corrected chi connectivity index (χ3v) is 8.42. The Morgan fingerprint density at radius 1 is 1.02 bits per heavy atom. The number of nitrogens with zero attached hydrogens (tertiary/aromatic N) is 3. The lowest BCUT2D eigenvalue weighted by atomic mass is 9.84. The first-order valence-corrected chi connectivity index (χ1v) is 15.9. The molecule has 4 N–H and O–H groups in total. The SMILES string of the molecule is CCF.CNCc1ccc(C)cn1.NCC1=NNC(=C2CCC2)c2ccc(C3(C=O)CC3)cc21.c1cnc2c(c1)CCCC2. The molecule has 8 heteroatoms. The van der Waals surface area contributed by atoms with E-state index in [1.807, 2.05) is 38.5 Å². The van der Waals surface area contributed by atoms with Gasteiger partial charge >= 0.3 is 0 Å². The molecule has 3 aromatic rings. The number of allylic oxidation sites excluding steroid dienone is 1. The lowest BCUT2D eigenvalue weighted by molar-refractivity contribution is -0.109. The minimum Gasteiger partial charge on any atom is -0.325 e. The summed E-state index contributed by atoms with van der Waals surface area (Å²) in [7, 11) is 1.92. The normalized spacial score (nSPS) is 16.8. The molecule has 2 aromatic heterocycles. The maximum absolute atomic E-state index is 11.4. The topological polar surface area (TPSA) is 105 Å². The van der Waals surface area contributed by atoms with Gasteiger partial charge in [-0.1, -0.05) is 24.3 Å². The van der Waals surface area contributed by atoms with Gasteiger partial charge in [-0.2, -0.15) is 5.10 Å². The predicted molar refractivity (Wildman–Crippen MR) is 177 cm³/mol. The molecule has 2 saturated carbocycles. The molecule has 0 radical (unpaired) electrons. The average Bonchev–Trinajstić information content (AvgIpc) is 3.84. The fourth-order valence-corrected chi connectivity index (χ4v) is 5.51. The lowest BCUT2D eigenvalue weighted by Crippen LogP contribution is -2.27. The maximum atomic E-state index is 11.4. The van der Waals surface area contributed by atoms with Crippen LogP contribution in [-0.2, 0) is 29.6 Å². The summed E-state index contributed by atoms with van der Waals surface area (Å²) in [6.45, 7) is 4.50. The Morgan fingerprint density at radius 2 is 1.80 bits per heavy atom. The van der Waals surface area contributed by atoms with Crippen molar-refractivity contribution in [2.75, 3.05) is 20.3 Å². The standard InChI is InChI=1S/C17H19N3O.C9H11N.C8H12N2.C2H5F/c18-9-15-14-8-12(17(10-21)6-7-17)4-5-13(14)16(20-19-15)11-2-1-3-11;1-2-6-9-8(4-1)5-3-7-10-9;1-7-3-4-8(6-9-2)10-5-7;1-2-3/h4-5,8,10,20H,1-3,6-7,9,18H2;3,5,7H,1-2,4,6H2;3-5,9H,6H2,1-2H3;2H2,1H3. The zero-order valence-electron chi connectivity index (χ0n) is 26.5. The largest absolute Gasteiger partial charge is 0.325 e. The van der Waals surface area contributed by atoms with Crippen LogP contribution in [0.5, 0.6) is 0 Å². The third kappa shape index (κ3) is 8.45. The molecule has 0 atom stereocenters. The number of rotatable bonds is 5. The summed E-state index contributed by atoms with van der Waals surface area (Å²) < 4.78 is 10.3. The van der Waals surface area contributed by atoms with E-state index in [2.05, 4.69) is 56.1 Å². The van der Waals surface area contributed by atoms with Crippen molar-refractivity contribution in [3.63, 3.8) is 0 Å². The molecule has 2 fully saturated rings. The first-order valence-electron chi connectivity index (χ1n) is 15.9. The summed E-state index contributed by atoms with van der Waals surface area (Å²) >= 11 is 0. The highest BCUT2D eigenvalue weighted by atomic mass is 19.1. The van der Waals surface area contributed by atoms with Crippen LogP contribution in [0.15, 0.2) is 65.5 Å². The smallest absolute Gasteiger partial charge is 0.130 e. The summed E-state index contributed by atoms with van der Waals surface area (Å²) in [6, 6.07) is 14.7. The molecule has 1 aliphatic heterocycles. The minimum absolute atomic E-state index is 0.247. The number of nitrogens with two attached hydrogens (primary N) is 1. The summed E-state index contributed by atoms with van der Waals surface area (Å²) in [5.74, 6) is 0. The molecule has 4 aliphatic rings. The molecule has 234 valence electrons. The summed E-state index contributed by atoms with van der Waals surface area (Å²) in [4.78, 5) is 19.9. The third-order valence-electron chi connectivity index (χ3n) is 8.42. The van der Waals surface area contributed by atoms with E-state index in [0.717, 1.165) is 66.7 Å². The second kappa shape index (κ2) is 16.4. The van der Waals surface area contributed by atoms with E-state index in [1.54, 1.807) is 0 Å². The number of carbonyl (C=O) groups excluding carboxylic acids is 1. The molecule has 0 spiro atoms. The Balaban J connectivity index is 0.000000161.